The van der Waals surface area contributed by atoms with Crippen LogP contribution in [0.2, 0.25) is 0 Å². The molecular formula is C17H24N2OS. The van der Waals surface area contributed by atoms with Gasteiger partial charge >= 0.3 is 0 Å². The summed E-state index contributed by atoms with van der Waals surface area (Å²) in [6.45, 7) is 4.20. The average Bonchev–Trinajstić information content (AvgIpc) is 2.85. The normalized spacial score (nSPS) is 27.3. The van der Waals surface area contributed by atoms with Crippen LogP contribution in [0.1, 0.15) is 43.5 Å². The molecule has 2 aliphatic heterocycles. The van der Waals surface area contributed by atoms with E-state index in [1.807, 2.05) is 11.8 Å². The van der Waals surface area contributed by atoms with E-state index in [1.54, 1.807) is 0 Å². The molecule has 4 heteroatoms. The van der Waals surface area contributed by atoms with Gasteiger partial charge < -0.3 is 4.90 Å². The largest absolute Gasteiger partial charge is 0.319 e. The number of carbonyl (C=O) groups is 1. The summed E-state index contributed by atoms with van der Waals surface area (Å²) in [5.74, 6) is 2.64. The third kappa shape index (κ3) is 2.97. The predicted molar refractivity (Wildman–Crippen MR) is 88.3 cm³/mol. The van der Waals surface area contributed by atoms with E-state index in [1.165, 1.54) is 22.6 Å². The molecule has 1 amide bonds. The highest BCUT2D eigenvalue weighted by atomic mass is 32.2. The number of nitrogens with zero attached hydrogens (tertiary/aromatic N) is 1. The highest BCUT2D eigenvalue weighted by Gasteiger charge is 2.42. The van der Waals surface area contributed by atoms with Crippen LogP contribution in [0.25, 0.3) is 0 Å². The Morgan fingerprint density at radius 2 is 2.10 bits per heavy atom. The second-order valence-electron chi connectivity index (χ2n) is 6.03. The summed E-state index contributed by atoms with van der Waals surface area (Å²) in [6, 6.07) is 8.91. The number of hydrogen-bond donors (Lipinski definition) is 1. The Kier molecular flexibility index (Phi) is 4.55. The van der Waals surface area contributed by atoms with Gasteiger partial charge in [0, 0.05) is 6.04 Å². The standard InChI is InChI=1S/C17H24N2OS/c1-3-15-17(20)19(14-7-9-21-10-8-14)16(18-15)13-6-4-5-12(2)11-13/h4-6,11,14-16,18H,3,7-10H2,1-2H3. The van der Waals surface area contributed by atoms with Crippen LogP contribution in [0.15, 0.2) is 24.3 Å². The molecule has 2 fully saturated rings. The van der Waals surface area contributed by atoms with Gasteiger partial charge in [-0.05, 0) is 43.3 Å². The van der Waals surface area contributed by atoms with Gasteiger partial charge in [-0.2, -0.15) is 11.8 Å². The van der Waals surface area contributed by atoms with Gasteiger partial charge in [-0.15, -0.1) is 0 Å². The Morgan fingerprint density at radius 1 is 1.33 bits per heavy atom. The monoisotopic (exact) mass is 304 g/mol. The molecule has 2 atom stereocenters. The Labute approximate surface area is 131 Å². The van der Waals surface area contributed by atoms with E-state index in [4.69, 9.17) is 0 Å². The Bertz CT molecular complexity index is 513. The maximum atomic E-state index is 12.8. The van der Waals surface area contributed by atoms with Gasteiger partial charge in [-0.25, -0.2) is 0 Å². The van der Waals surface area contributed by atoms with Crippen LogP contribution in [0.4, 0.5) is 0 Å². The smallest absolute Gasteiger partial charge is 0.241 e. The van der Waals surface area contributed by atoms with E-state index in [2.05, 4.69) is 48.3 Å². The molecule has 0 saturated carbocycles. The molecule has 3 nitrogen and oxygen atoms in total. The third-order valence-corrected chi connectivity index (χ3v) is 5.59. The highest BCUT2D eigenvalue weighted by Crippen LogP contribution is 2.33. The van der Waals surface area contributed by atoms with Crippen molar-refractivity contribution in [1.29, 1.82) is 0 Å². The molecule has 0 bridgehead atoms. The number of nitrogens with one attached hydrogen (secondary N) is 1. The van der Waals surface area contributed by atoms with Gasteiger partial charge in [-0.3, -0.25) is 10.1 Å². The summed E-state index contributed by atoms with van der Waals surface area (Å²) in [7, 11) is 0. The first kappa shape index (κ1) is 14.9. The van der Waals surface area contributed by atoms with Crippen molar-refractivity contribution < 1.29 is 4.79 Å². The maximum absolute atomic E-state index is 12.8. The van der Waals surface area contributed by atoms with Crippen molar-refractivity contribution >= 4 is 17.7 Å². The van der Waals surface area contributed by atoms with Crippen molar-refractivity contribution in [3.8, 4) is 0 Å². The molecular weight excluding hydrogens is 280 g/mol. The number of benzene rings is 1. The van der Waals surface area contributed by atoms with Gasteiger partial charge in [0.05, 0.1) is 6.04 Å². The average molecular weight is 304 g/mol. The van der Waals surface area contributed by atoms with E-state index < -0.39 is 0 Å². The first-order chi connectivity index (χ1) is 10.2. The first-order valence-corrected chi connectivity index (χ1v) is 9.08. The summed E-state index contributed by atoms with van der Waals surface area (Å²) in [6.07, 6.45) is 3.16. The summed E-state index contributed by atoms with van der Waals surface area (Å²) in [4.78, 5) is 14.9. The fraction of sp³-hybridized carbons (Fsp3) is 0.588. The van der Waals surface area contributed by atoms with Crippen molar-refractivity contribution in [1.82, 2.24) is 10.2 Å². The van der Waals surface area contributed by atoms with Crippen LogP contribution in [0, 0.1) is 6.92 Å². The molecule has 1 aromatic rings. The zero-order valence-corrected chi connectivity index (χ0v) is 13.7. The van der Waals surface area contributed by atoms with Crippen molar-refractivity contribution in [2.75, 3.05) is 11.5 Å². The quantitative estimate of drug-likeness (QED) is 0.931. The zero-order valence-electron chi connectivity index (χ0n) is 12.8. The molecule has 2 saturated heterocycles. The van der Waals surface area contributed by atoms with Crippen molar-refractivity contribution in [2.45, 2.75) is 51.4 Å². The van der Waals surface area contributed by atoms with Crippen molar-refractivity contribution in [3.05, 3.63) is 35.4 Å². The number of carbonyl (C=O) groups excluding carboxylic acids is 1. The minimum Gasteiger partial charge on any atom is -0.319 e. The maximum Gasteiger partial charge on any atom is 0.241 e. The fourth-order valence-electron chi connectivity index (χ4n) is 3.39. The second kappa shape index (κ2) is 6.41. The van der Waals surface area contributed by atoms with Crippen LogP contribution in [-0.2, 0) is 4.79 Å². The predicted octanol–water partition coefficient (Wildman–Crippen LogP) is 3.10. The lowest BCUT2D eigenvalue weighted by molar-refractivity contribution is -0.132. The minimum absolute atomic E-state index is 0.0231. The van der Waals surface area contributed by atoms with E-state index in [0.29, 0.717) is 11.9 Å². The SMILES string of the molecule is CCC1NC(c2cccc(C)c2)N(C2CCSCC2)C1=O. The molecule has 0 aromatic heterocycles. The van der Waals surface area contributed by atoms with Crippen LogP contribution in [0.3, 0.4) is 0 Å². The number of hydrogen-bond acceptors (Lipinski definition) is 3. The summed E-state index contributed by atoms with van der Waals surface area (Å²) in [5.41, 5.74) is 2.47. The summed E-state index contributed by atoms with van der Waals surface area (Å²) >= 11 is 2.01. The molecule has 114 valence electrons. The van der Waals surface area contributed by atoms with E-state index in [9.17, 15) is 4.79 Å². The molecule has 3 rings (SSSR count). The van der Waals surface area contributed by atoms with Crippen molar-refractivity contribution in [3.63, 3.8) is 0 Å². The summed E-state index contributed by atoms with van der Waals surface area (Å²) in [5, 5.41) is 3.55. The van der Waals surface area contributed by atoms with Crippen LogP contribution in [-0.4, -0.2) is 34.4 Å². The molecule has 2 aliphatic rings. The van der Waals surface area contributed by atoms with Crippen LogP contribution in [0.5, 0.6) is 0 Å². The molecule has 1 aromatic carbocycles. The van der Waals surface area contributed by atoms with Crippen molar-refractivity contribution in [2.24, 2.45) is 0 Å². The topological polar surface area (TPSA) is 32.3 Å². The number of amides is 1. The van der Waals surface area contributed by atoms with Crippen LogP contribution >= 0.6 is 11.8 Å². The lowest BCUT2D eigenvalue weighted by atomic mass is 10.1. The highest BCUT2D eigenvalue weighted by molar-refractivity contribution is 7.99. The first-order valence-electron chi connectivity index (χ1n) is 7.93. The van der Waals surface area contributed by atoms with Gasteiger partial charge in [0.25, 0.3) is 0 Å². The van der Waals surface area contributed by atoms with Gasteiger partial charge in [-0.1, -0.05) is 36.8 Å². The molecule has 0 spiro atoms. The zero-order chi connectivity index (χ0) is 14.8. The molecule has 2 heterocycles. The van der Waals surface area contributed by atoms with Gasteiger partial charge in [0.1, 0.15) is 6.17 Å². The Hall–Kier alpha value is -1.00. The Balaban J connectivity index is 1.90. The van der Waals surface area contributed by atoms with E-state index in [0.717, 1.165) is 19.3 Å². The second-order valence-corrected chi connectivity index (χ2v) is 7.26. The molecule has 21 heavy (non-hydrogen) atoms. The molecule has 0 aliphatic carbocycles. The molecule has 2 unspecified atom stereocenters. The third-order valence-electron chi connectivity index (χ3n) is 4.54. The fourth-order valence-corrected chi connectivity index (χ4v) is 4.47. The number of rotatable bonds is 3. The molecule has 0 radical (unpaired) electrons. The van der Waals surface area contributed by atoms with Crippen LogP contribution < -0.4 is 5.32 Å². The number of thioether (sulfide) groups is 1. The number of aryl methyl sites for hydroxylation is 1. The van der Waals surface area contributed by atoms with Gasteiger partial charge in [0.15, 0.2) is 0 Å². The lowest BCUT2D eigenvalue weighted by Crippen LogP contribution is -2.42. The minimum atomic E-state index is -0.0231. The summed E-state index contributed by atoms with van der Waals surface area (Å²) < 4.78 is 0. The Morgan fingerprint density at radius 3 is 2.76 bits per heavy atom. The lowest BCUT2D eigenvalue weighted by Gasteiger charge is -2.35. The van der Waals surface area contributed by atoms with E-state index >= 15 is 0 Å². The van der Waals surface area contributed by atoms with E-state index in [-0.39, 0.29) is 12.2 Å². The van der Waals surface area contributed by atoms with Gasteiger partial charge in [0.2, 0.25) is 5.91 Å². The molecule has 1 N–H and O–H groups in total.